The van der Waals surface area contributed by atoms with Crippen LogP contribution in [-0.4, -0.2) is 39.1 Å². The van der Waals surface area contributed by atoms with Gasteiger partial charge in [0.1, 0.15) is 0 Å². The minimum atomic E-state index is -0.796. The van der Waals surface area contributed by atoms with Crippen molar-refractivity contribution in [3.63, 3.8) is 0 Å². The van der Waals surface area contributed by atoms with Crippen LogP contribution in [0.4, 0.5) is 0 Å². The van der Waals surface area contributed by atoms with Gasteiger partial charge in [0.2, 0.25) is 0 Å². The normalized spacial score (nSPS) is 12.0. The molecule has 0 saturated heterocycles. The molecule has 2 unspecified atom stereocenters. The zero-order valence-corrected chi connectivity index (χ0v) is 23.8. The first kappa shape index (κ1) is 30.2. The Morgan fingerprint density at radius 2 is 1.35 bits per heavy atom. The second-order valence-electron chi connectivity index (χ2n) is 7.45. The van der Waals surface area contributed by atoms with Crippen LogP contribution in [0.15, 0.2) is 36.4 Å². The molecule has 34 heavy (non-hydrogen) atoms. The Morgan fingerprint density at radius 3 is 1.76 bits per heavy atom. The number of ether oxygens (including phenoxy) is 1. The number of carbonyl (C=O) groups excluding carboxylic acids is 1. The van der Waals surface area contributed by atoms with Gasteiger partial charge in [-0.2, -0.15) is 0 Å². The maximum Gasteiger partial charge on any atom is 1.00 e. The number of hydrogen-bond acceptors (Lipinski definition) is 8. The van der Waals surface area contributed by atoms with E-state index in [1.54, 1.807) is 29.6 Å². The number of fused-ring (bicyclic) bond motifs is 2. The van der Waals surface area contributed by atoms with Crippen molar-refractivity contribution in [3.8, 4) is 0 Å². The summed E-state index contributed by atoms with van der Waals surface area (Å²) in [5, 5.41) is 10.9. The van der Waals surface area contributed by atoms with E-state index in [1.165, 1.54) is 0 Å². The van der Waals surface area contributed by atoms with E-state index in [-0.39, 0.29) is 46.9 Å². The standard InChI is InChI=1S/C13H15NO2S.C11H11NO2S.Na.H2O/c1-4-16-13(15)8(2)10-5-6-11-12(7-10)17-9(3)14-11;1-6(11(13)14)8-3-4-9-10(5-8)15-7(2)12-9;;/h5-8H,4H2,1-3H3;3-6H,1-2H3,(H,13,14);;1H2/q;;+1;/p-1. The molecule has 0 bridgehead atoms. The van der Waals surface area contributed by atoms with Crippen LogP contribution in [0.3, 0.4) is 0 Å². The van der Waals surface area contributed by atoms with E-state index in [1.807, 2.05) is 64.1 Å². The fraction of sp³-hybridized carbons (Fsp3) is 0.333. The minimum Gasteiger partial charge on any atom is -0.870 e. The molecule has 4 aromatic rings. The van der Waals surface area contributed by atoms with Crippen molar-refractivity contribution in [2.45, 2.75) is 46.5 Å². The number of aromatic nitrogens is 2. The fourth-order valence-electron chi connectivity index (χ4n) is 3.20. The molecule has 2 aromatic heterocycles. The van der Waals surface area contributed by atoms with Crippen molar-refractivity contribution in [1.29, 1.82) is 0 Å². The van der Waals surface area contributed by atoms with Gasteiger partial charge in [-0.1, -0.05) is 12.1 Å². The zero-order valence-electron chi connectivity index (χ0n) is 20.2. The number of rotatable bonds is 5. The van der Waals surface area contributed by atoms with Crippen LogP contribution in [0.5, 0.6) is 0 Å². The molecule has 2 N–H and O–H groups in total. The zero-order chi connectivity index (χ0) is 23.4. The van der Waals surface area contributed by atoms with Crippen LogP contribution in [0.1, 0.15) is 53.7 Å². The van der Waals surface area contributed by atoms with E-state index in [4.69, 9.17) is 9.84 Å². The Kier molecular flexibility index (Phi) is 11.8. The third-order valence-corrected chi connectivity index (χ3v) is 6.92. The summed E-state index contributed by atoms with van der Waals surface area (Å²) in [6.45, 7) is 9.74. The topological polar surface area (TPSA) is 119 Å². The maximum atomic E-state index is 11.7. The monoisotopic (exact) mass is 510 g/mol. The number of hydrogen-bond donors (Lipinski definition) is 1. The van der Waals surface area contributed by atoms with Crippen molar-refractivity contribution in [2.75, 3.05) is 6.61 Å². The predicted molar refractivity (Wildman–Crippen MR) is 132 cm³/mol. The number of aliphatic carboxylic acids is 1. The molecule has 176 valence electrons. The van der Waals surface area contributed by atoms with E-state index >= 15 is 0 Å². The van der Waals surface area contributed by atoms with Crippen LogP contribution in [-0.2, 0) is 14.3 Å². The molecule has 0 aliphatic heterocycles. The van der Waals surface area contributed by atoms with E-state index in [9.17, 15) is 9.59 Å². The Hall–Kier alpha value is -1.88. The molecule has 0 saturated carbocycles. The summed E-state index contributed by atoms with van der Waals surface area (Å²) in [5.74, 6) is -1.65. The molecule has 0 aliphatic carbocycles. The van der Waals surface area contributed by atoms with Gasteiger partial charge in [-0.15, -0.1) is 22.7 Å². The number of benzene rings is 2. The van der Waals surface area contributed by atoms with Crippen LogP contribution in [0.25, 0.3) is 20.4 Å². The van der Waals surface area contributed by atoms with Crippen LogP contribution >= 0.6 is 22.7 Å². The van der Waals surface area contributed by atoms with E-state index in [0.717, 1.165) is 41.6 Å². The summed E-state index contributed by atoms with van der Waals surface area (Å²) >= 11 is 3.24. The fourth-order valence-corrected chi connectivity index (χ4v) is 4.95. The first-order valence-electron chi connectivity index (χ1n) is 10.3. The molecule has 0 aliphatic rings. The molecule has 2 heterocycles. The van der Waals surface area contributed by atoms with Gasteiger partial charge < -0.3 is 15.3 Å². The van der Waals surface area contributed by atoms with Crippen molar-refractivity contribution < 1.29 is 54.5 Å². The summed E-state index contributed by atoms with van der Waals surface area (Å²) in [5.41, 5.74) is 3.75. The second-order valence-corrected chi connectivity index (χ2v) is 9.92. The third-order valence-electron chi connectivity index (χ3n) is 5.05. The number of carbonyl (C=O) groups is 2. The summed E-state index contributed by atoms with van der Waals surface area (Å²) in [7, 11) is 0. The van der Waals surface area contributed by atoms with Crippen molar-refractivity contribution in [1.82, 2.24) is 9.97 Å². The quantitative estimate of drug-likeness (QED) is 0.324. The average molecular weight is 511 g/mol. The van der Waals surface area contributed by atoms with Crippen molar-refractivity contribution in [2.24, 2.45) is 0 Å². The van der Waals surface area contributed by atoms with Gasteiger partial charge in [-0.05, 0) is 70.0 Å². The van der Waals surface area contributed by atoms with E-state index in [2.05, 4.69) is 9.97 Å². The largest absolute Gasteiger partial charge is 1.00 e. The van der Waals surface area contributed by atoms with E-state index in [0.29, 0.717) is 6.61 Å². The first-order valence-corrected chi connectivity index (χ1v) is 12.0. The van der Waals surface area contributed by atoms with Gasteiger partial charge in [-0.25, -0.2) is 9.97 Å². The molecule has 7 nitrogen and oxygen atoms in total. The molecule has 2 atom stereocenters. The second kappa shape index (κ2) is 13.3. The van der Waals surface area contributed by atoms with Gasteiger partial charge in [0.15, 0.2) is 0 Å². The number of thiazole rings is 2. The predicted octanol–water partition coefficient (Wildman–Crippen LogP) is 2.89. The van der Waals surface area contributed by atoms with Crippen molar-refractivity contribution >= 4 is 55.0 Å². The van der Waals surface area contributed by atoms with Gasteiger partial charge in [-0.3, -0.25) is 9.59 Å². The maximum absolute atomic E-state index is 11.7. The molecule has 0 radical (unpaired) electrons. The number of aryl methyl sites for hydroxylation is 2. The molecular weight excluding hydrogens is 483 g/mol. The molecule has 10 heteroatoms. The molecule has 2 aromatic carbocycles. The van der Waals surface area contributed by atoms with Gasteiger partial charge in [0, 0.05) is 0 Å². The van der Waals surface area contributed by atoms with E-state index < -0.39 is 11.9 Å². The number of esters is 1. The summed E-state index contributed by atoms with van der Waals surface area (Å²) < 4.78 is 7.20. The van der Waals surface area contributed by atoms with Crippen LogP contribution < -0.4 is 29.6 Å². The number of carboxylic acid groups (broad SMARTS) is 1. The SMILES string of the molecule is CCOC(=O)C(C)c1ccc2nc(C)sc2c1.Cc1nc2ccc(C(C)C(=O)O)cc2s1.[Na+].[OH-]. The molecule has 4 rings (SSSR count). The molecule has 0 fully saturated rings. The van der Waals surface area contributed by atoms with Crippen LogP contribution in [0, 0.1) is 13.8 Å². The first-order chi connectivity index (χ1) is 15.2. The summed E-state index contributed by atoms with van der Waals surface area (Å²) in [6, 6.07) is 11.6. The molecule has 0 amide bonds. The molecular formula is C24H27N2NaO5S2. The Balaban J connectivity index is 0.000000323. The van der Waals surface area contributed by atoms with Crippen LogP contribution in [0.2, 0.25) is 0 Å². The summed E-state index contributed by atoms with van der Waals surface area (Å²) in [6.07, 6.45) is 0. The van der Waals surface area contributed by atoms with Gasteiger partial charge >= 0.3 is 41.5 Å². The number of carboxylic acids is 1. The Morgan fingerprint density at radius 1 is 0.912 bits per heavy atom. The minimum absolute atomic E-state index is 0. The number of nitrogens with zero attached hydrogens (tertiary/aromatic N) is 2. The smallest absolute Gasteiger partial charge is 0.870 e. The van der Waals surface area contributed by atoms with Crippen molar-refractivity contribution in [3.05, 3.63) is 57.5 Å². The summed E-state index contributed by atoms with van der Waals surface area (Å²) in [4.78, 5) is 31.2. The average Bonchev–Trinajstić information content (AvgIpc) is 3.32. The van der Waals surface area contributed by atoms with Gasteiger partial charge in [0.05, 0.1) is 48.9 Å². The van der Waals surface area contributed by atoms with Gasteiger partial charge in [0.25, 0.3) is 0 Å². The third kappa shape index (κ3) is 7.31. The Bertz CT molecular complexity index is 1270. The molecule has 0 spiro atoms. The Labute approximate surface area is 228 Å².